The number of carboxylic acids is 1. The Morgan fingerprint density at radius 2 is 1.16 bits per heavy atom. The van der Waals surface area contributed by atoms with Gasteiger partial charge in [-0.3, -0.25) is 4.79 Å². The SMILES string of the molecule is COc1ccc(S(=O)(=O)c2ccc(Oc3ccc(C(C)(CCC(=O)O)c4ccc(C)cc4)cc3)cc2)cc1. The molecular weight excluding hydrogens is 500 g/mol. The second kappa shape index (κ2) is 11.1. The summed E-state index contributed by atoms with van der Waals surface area (Å²) in [5.41, 5.74) is 2.69. The highest BCUT2D eigenvalue weighted by Gasteiger charge is 2.29. The van der Waals surface area contributed by atoms with Gasteiger partial charge >= 0.3 is 5.97 Å². The van der Waals surface area contributed by atoms with E-state index < -0.39 is 21.2 Å². The van der Waals surface area contributed by atoms with Crippen molar-refractivity contribution in [1.29, 1.82) is 0 Å². The Morgan fingerprint density at radius 1 is 0.737 bits per heavy atom. The number of benzene rings is 4. The smallest absolute Gasteiger partial charge is 0.303 e. The molecule has 0 amide bonds. The minimum atomic E-state index is -3.67. The van der Waals surface area contributed by atoms with Crippen LogP contribution in [0, 0.1) is 6.92 Å². The minimum Gasteiger partial charge on any atom is -0.497 e. The summed E-state index contributed by atoms with van der Waals surface area (Å²) in [6, 6.07) is 28.2. The monoisotopic (exact) mass is 530 g/mol. The summed E-state index contributed by atoms with van der Waals surface area (Å²) in [5, 5.41) is 9.32. The van der Waals surface area contributed by atoms with Gasteiger partial charge in [-0.15, -0.1) is 0 Å². The van der Waals surface area contributed by atoms with E-state index in [1.165, 1.54) is 31.4 Å². The maximum atomic E-state index is 12.9. The van der Waals surface area contributed by atoms with E-state index in [9.17, 15) is 18.3 Å². The van der Waals surface area contributed by atoms with Crippen LogP contribution in [-0.2, 0) is 20.0 Å². The van der Waals surface area contributed by atoms with E-state index in [-0.39, 0.29) is 16.2 Å². The van der Waals surface area contributed by atoms with Crippen molar-refractivity contribution >= 4 is 15.8 Å². The number of aliphatic carboxylic acids is 1. The lowest BCUT2D eigenvalue weighted by Gasteiger charge is -2.31. The van der Waals surface area contributed by atoms with Gasteiger partial charge in [-0.25, -0.2) is 8.42 Å². The summed E-state index contributed by atoms with van der Waals surface area (Å²) in [4.78, 5) is 11.7. The zero-order valence-corrected chi connectivity index (χ0v) is 22.4. The topological polar surface area (TPSA) is 89.9 Å². The molecule has 0 radical (unpaired) electrons. The maximum absolute atomic E-state index is 12.9. The second-order valence-electron chi connectivity index (χ2n) is 9.37. The van der Waals surface area contributed by atoms with Crippen molar-refractivity contribution in [3.8, 4) is 17.2 Å². The summed E-state index contributed by atoms with van der Waals surface area (Å²) in [6.07, 6.45) is 0.504. The molecule has 0 aromatic heterocycles. The summed E-state index contributed by atoms with van der Waals surface area (Å²) in [7, 11) is -2.14. The molecule has 4 aromatic carbocycles. The molecule has 196 valence electrons. The molecule has 1 atom stereocenters. The largest absolute Gasteiger partial charge is 0.497 e. The van der Waals surface area contributed by atoms with Gasteiger partial charge in [0.2, 0.25) is 9.84 Å². The van der Waals surface area contributed by atoms with Crippen LogP contribution < -0.4 is 9.47 Å². The van der Waals surface area contributed by atoms with Gasteiger partial charge < -0.3 is 14.6 Å². The van der Waals surface area contributed by atoms with E-state index in [0.717, 1.165) is 16.7 Å². The highest BCUT2D eigenvalue weighted by molar-refractivity contribution is 7.91. The van der Waals surface area contributed by atoms with Gasteiger partial charge in [0.25, 0.3) is 0 Å². The number of hydrogen-bond acceptors (Lipinski definition) is 5. The number of carboxylic acid groups (broad SMARTS) is 1. The molecule has 38 heavy (non-hydrogen) atoms. The standard InChI is InChI=1S/C31H30O6S/c1-22-4-6-23(7-5-22)31(2,21-20-30(32)33)24-8-10-26(11-9-24)37-27-14-18-29(19-15-27)38(34,35)28-16-12-25(36-3)13-17-28/h4-19H,20-21H2,1-3H3,(H,32,33). The van der Waals surface area contributed by atoms with E-state index in [2.05, 4.69) is 6.92 Å². The van der Waals surface area contributed by atoms with E-state index in [0.29, 0.717) is 23.7 Å². The van der Waals surface area contributed by atoms with Crippen molar-refractivity contribution in [2.24, 2.45) is 0 Å². The van der Waals surface area contributed by atoms with Crippen LogP contribution >= 0.6 is 0 Å². The number of rotatable bonds is 10. The van der Waals surface area contributed by atoms with E-state index in [1.54, 1.807) is 24.3 Å². The maximum Gasteiger partial charge on any atom is 0.303 e. The van der Waals surface area contributed by atoms with Crippen LogP contribution in [0.1, 0.15) is 36.5 Å². The van der Waals surface area contributed by atoms with Crippen molar-refractivity contribution in [2.45, 2.75) is 41.9 Å². The lowest BCUT2D eigenvalue weighted by Crippen LogP contribution is -2.24. The van der Waals surface area contributed by atoms with Gasteiger partial charge in [0.15, 0.2) is 0 Å². The molecule has 0 saturated heterocycles. The summed E-state index contributed by atoms with van der Waals surface area (Å²) in [6.45, 7) is 4.07. The molecule has 0 fully saturated rings. The van der Waals surface area contributed by atoms with Crippen molar-refractivity contribution in [1.82, 2.24) is 0 Å². The molecule has 0 aliphatic rings. The minimum absolute atomic E-state index is 0.0500. The molecule has 0 bridgehead atoms. The third kappa shape index (κ3) is 5.89. The van der Waals surface area contributed by atoms with E-state index in [4.69, 9.17) is 9.47 Å². The van der Waals surface area contributed by atoms with Gasteiger partial charge in [-0.2, -0.15) is 0 Å². The van der Waals surface area contributed by atoms with E-state index in [1.807, 2.05) is 55.5 Å². The number of aryl methyl sites for hydroxylation is 1. The number of ether oxygens (including phenoxy) is 2. The summed E-state index contributed by atoms with van der Waals surface area (Å²) in [5.74, 6) is 0.836. The Balaban J connectivity index is 1.52. The predicted octanol–water partition coefficient (Wildman–Crippen LogP) is 6.80. The fourth-order valence-corrected chi connectivity index (χ4v) is 5.60. The molecule has 0 aliphatic carbocycles. The first-order valence-corrected chi connectivity index (χ1v) is 13.7. The van der Waals surface area contributed by atoms with Crippen LogP contribution in [0.4, 0.5) is 0 Å². The van der Waals surface area contributed by atoms with Crippen molar-refractivity contribution in [3.05, 3.63) is 114 Å². The van der Waals surface area contributed by atoms with E-state index >= 15 is 0 Å². The second-order valence-corrected chi connectivity index (χ2v) is 11.3. The molecule has 0 aliphatic heterocycles. The zero-order valence-electron chi connectivity index (χ0n) is 21.5. The van der Waals surface area contributed by atoms with Crippen molar-refractivity contribution in [2.75, 3.05) is 7.11 Å². The third-order valence-corrected chi connectivity index (χ3v) is 8.54. The molecule has 0 spiro atoms. The normalized spacial score (nSPS) is 12.9. The summed E-state index contributed by atoms with van der Waals surface area (Å²) < 4.78 is 37.0. The third-order valence-electron chi connectivity index (χ3n) is 6.76. The van der Waals surface area contributed by atoms with Crippen LogP contribution in [0.5, 0.6) is 17.2 Å². The first-order valence-electron chi connectivity index (χ1n) is 12.2. The molecule has 4 rings (SSSR count). The molecule has 0 saturated carbocycles. The zero-order chi connectivity index (χ0) is 27.3. The molecular formula is C31H30O6S. The molecule has 0 heterocycles. The average Bonchev–Trinajstić information content (AvgIpc) is 2.93. The fraction of sp³-hybridized carbons (Fsp3) is 0.194. The van der Waals surface area contributed by atoms with Crippen LogP contribution in [0.15, 0.2) is 107 Å². The van der Waals surface area contributed by atoms with Crippen molar-refractivity contribution in [3.63, 3.8) is 0 Å². The molecule has 6 nitrogen and oxygen atoms in total. The Labute approximate surface area is 223 Å². The van der Waals surface area contributed by atoms with Gasteiger partial charge in [0.1, 0.15) is 17.2 Å². The van der Waals surface area contributed by atoms with Crippen LogP contribution in [0.3, 0.4) is 0 Å². The quantitative estimate of drug-likeness (QED) is 0.243. The van der Waals surface area contributed by atoms with Crippen LogP contribution in [0.2, 0.25) is 0 Å². The highest BCUT2D eigenvalue weighted by atomic mass is 32.2. The Bertz CT molecular complexity index is 1490. The first kappa shape index (κ1) is 26.9. The van der Waals surface area contributed by atoms with Crippen molar-refractivity contribution < 1.29 is 27.8 Å². The Morgan fingerprint density at radius 3 is 1.61 bits per heavy atom. The lowest BCUT2D eigenvalue weighted by molar-refractivity contribution is -0.137. The van der Waals surface area contributed by atoms with Crippen LogP contribution in [-0.4, -0.2) is 26.6 Å². The Hall–Kier alpha value is -4.10. The van der Waals surface area contributed by atoms with Crippen LogP contribution in [0.25, 0.3) is 0 Å². The predicted molar refractivity (Wildman–Crippen MR) is 146 cm³/mol. The molecule has 4 aromatic rings. The lowest BCUT2D eigenvalue weighted by atomic mass is 9.73. The Kier molecular flexibility index (Phi) is 7.88. The fourth-order valence-electron chi connectivity index (χ4n) is 4.34. The van der Waals surface area contributed by atoms with Gasteiger partial charge in [-0.05, 0) is 85.1 Å². The first-order chi connectivity index (χ1) is 18.1. The van der Waals surface area contributed by atoms with Gasteiger partial charge in [0, 0.05) is 11.8 Å². The molecule has 1 N–H and O–H groups in total. The number of methoxy groups -OCH3 is 1. The highest BCUT2D eigenvalue weighted by Crippen LogP contribution is 2.38. The average molecular weight is 531 g/mol. The molecule has 1 unspecified atom stereocenters. The van der Waals surface area contributed by atoms with Gasteiger partial charge in [-0.1, -0.05) is 48.9 Å². The summed E-state index contributed by atoms with van der Waals surface area (Å²) >= 11 is 0. The number of sulfone groups is 1. The number of hydrogen-bond donors (Lipinski definition) is 1. The number of carbonyl (C=O) groups is 1. The molecule has 7 heteroatoms. The van der Waals surface area contributed by atoms with Gasteiger partial charge in [0.05, 0.1) is 16.9 Å².